The van der Waals surface area contributed by atoms with E-state index in [0.717, 1.165) is 11.3 Å². The fraction of sp³-hybridized carbons (Fsp3) is 0.514. The molecule has 0 unspecified atom stereocenters. The second kappa shape index (κ2) is 17.4. The molecule has 4 atom stereocenters. The number of benzene rings is 1. The van der Waals surface area contributed by atoms with Crippen molar-refractivity contribution in [2.24, 2.45) is 5.92 Å². The van der Waals surface area contributed by atoms with Crippen molar-refractivity contribution >= 4 is 41.6 Å². The molecule has 4 rings (SSSR count). The highest BCUT2D eigenvalue weighted by molar-refractivity contribution is 5.98. The summed E-state index contributed by atoms with van der Waals surface area (Å²) in [5.41, 5.74) is 1.89. The van der Waals surface area contributed by atoms with Crippen LogP contribution in [0.3, 0.4) is 0 Å². The second-order valence-corrected chi connectivity index (χ2v) is 12.9. The molecule has 0 spiro atoms. The standard InChI is InChI=1S/C35H47N7O7/c1-4-42-29(19-24(40-42)18-22(2)3)33(46)38-26-12-8-9-17-36-30(43)16-14-27(35(48)49)39-32(45)28-20-25(21-41(28)34(26)47)37-31(44)15-13-23-10-6-5-7-11-23/h5-7,10-11,13,15,19,22,25-28H,4,8-9,12,14,16-18,20-21H2,1-3H3,(H,36,43)(H,37,44)(H,38,46)(H,39,45)(H,48,49)/b15-13+/t25-,26+,27+,28+/m1/s1. The van der Waals surface area contributed by atoms with Crippen LogP contribution in [0.5, 0.6) is 0 Å². The van der Waals surface area contributed by atoms with Gasteiger partial charge < -0.3 is 31.3 Å². The Balaban J connectivity index is 1.60. The minimum atomic E-state index is -1.37. The lowest BCUT2D eigenvalue weighted by atomic mass is 10.1. The van der Waals surface area contributed by atoms with E-state index in [9.17, 15) is 33.9 Å². The van der Waals surface area contributed by atoms with Crippen molar-refractivity contribution in [1.82, 2.24) is 35.9 Å². The monoisotopic (exact) mass is 677 g/mol. The number of nitrogens with zero attached hydrogens (tertiary/aromatic N) is 3. The summed E-state index contributed by atoms with van der Waals surface area (Å²) in [7, 11) is 0. The Hall–Kier alpha value is -5.01. The van der Waals surface area contributed by atoms with Crippen molar-refractivity contribution in [1.29, 1.82) is 0 Å². The molecule has 49 heavy (non-hydrogen) atoms. The van der Waals surface area contributed by atoms with Gasteiger partial charge in [0.05, 0.1) is 5.69 Å². The Morgan fingerprint density at radius 1 is 1.08 bits per heavy atom. The van der Waals surface area contributed by atoms with Gasteiger partial charge in [-0.05, 0) is 69.1 Å². The van der Waals surface area contributed by atoms with Gasteiger partial charge in [0.1, 0.15) is 23.8 Å². The summed E-state index contributed by atoms with van der Waals surface area (Å²) in [5.74, 6) is -3.50. The van der Waals surface area contributed by atoms with E-state index in [1.54, 1.807) is 16.8 Å². The Morgan fingerprint density at radius 3 is 2.53 bits per heavy atom. The summed E-state index contributed by atoms with van der Waals surface area (Å²) in [6.45, 7) is 6.69. The smallest absolute Gasteiger partial charge is 0.326 e. The van der Waals surface area contributed by atoms with Crippen LogP contribution in [0.25, 0.3) is 6.08 Å². The predicted octanol–water partition coefficient (Wildman–Crippen LogP) is 1.65. The number of rotatable bonds is 9. The third-order valence-electron chi connectivity index (χ3n) is 8.56. The Bertz CT molecular complexity index is 1540. The van der Waals surface area contributed by atoms with Crippen LogP contribution < -0.4 is 21.3 Å². The van der Waals surface area contributed by atoms with Crippen LogP contribution in [-0.2, 0) is 36.9 Å². The maximum absolute atomic E-state index is 14.3. The van der Waals surface area contributed by atoms with E-state index < -0.39 is 53.8 Å². The van der Waals surface area contributed by atoms with Gasteiger partial charge in [0.2, 0.25) is 23.6 Å². The molecule has 0 aliphatic carbocycles. The van der Waals surface area contributed by atoms with E-state index in [1.807, 2.05) is 37.3 Å². The van der Waals surface area contributed by atoms with Gasteiger partial charge in [-0.3, -0.25) is 28.7 Å². The quantitative estimate of drug-likeness (QED) is 0.248. The maximum atomic E-state index is 14.3. The van der Waals surface area contributed by atoms with Crippen molar-refractivity contribution < 1.29 is 33.9 Å². The normalized spacial score (nSPS) is 22.5. The number of aryl methyl sites for hydroxylation is 1. The van der Waals surface area contributed by atoms with E-state index in [4.69, 9.17) is 0 Å². The van der Waals surface area contributed by atoms with Crippen molar-refractivity contribution in [3.05, 3.63) is 59.4 Å². The molecule has 264 valence electrons. The van der Waals surface area contributed by atoms with E-state index >= 15 is 0 Å². The molecular formula is C35H47N7O7. The number of nitrogens with one attached hydrogen (secondary N) is 4. The number of carboxylic acid groups (broad SMARTS) is 1. The largest absolute Gasteiger partial charge is 0.480 e. The van der Waals surface area contributed by atoms with Gasteiger partial charge >= 0.3 is 5.97 Å². The fourth-order valence-electron chi connectivity index (χ4n) is 6.11. The minimum absolute atomic E-state index is 0.0249. The highest BCUT2D eigenvalue weighted by atomic mass is 16.4. The number of carboxylic acids is 1. The van der Waals surface area contributed by atoms with Crippen LogP contribution in [0.2, 0.25) is 0 Å². The van der Waals surface area contributed by atoms with Crippen molar-refractivity contribution in [2.45, 2.75) is 96.4 Å². The number of hydrogen-bond donors (Lipinski definition) is 5. The first-order valence-corrected chi connectivity index (χ1v) is 17.0. The minimum Gasteiger partial charge on any atom is -0.480 e. The summed E-state index contributed by atoms with van der Waals surface area (Å²) in [6, 6.07) is 6.79. The molecule has 1 aromatic carbocycles. The number of carbonyl (C=O) groups excluding carboxylic acids is 5. The zero-order valence-corrected chi connectivity index (χ0v) is 28.3. The first-order valence-electron chi connectivity index (χ1n) is 17.0. The number of hydrogen-bond acceptors (Lipinski definition) is 7. The second-order valence-electron chi connectivity index (χ2n) is 12.9. The molecule has 2 fully saturated rings. The number of aromatic nitrogens is 2. The molecule has 2 aromatic rings. The van der Waals surface area contributed by atoms with E-state index in [0.29, 0.717) is 44.0 Å². The SMILES string of the molecule is CCn1nc(CC(C)C)cc1C(=O)N[C@H]1CCCCNC(=O)CC[C@@H](C(=O)O)NC(=O)[C@@H]2C[C@@H](NC(=O)/C=C/c3ccccc3)CN2C1=O. The molecular weight excluding hydrogens is 630 g/mol. The Kier molecular flexibility index (Phi) is 13.1. The van der Waals surface area contributed by atoms with Crippen LogP contribution in [0.1, 0.15) is 81.0 Å². The van der Waals surface area contributed by atoms with Crippen molar-refractivity contribution in [3.63, 3.8) is 0 Å². The lowest BCUT2D eigenvalue weighted by Crippen LogP contribution is -2.55. The Labute approximate surface area is 286 Å². The van der Waals surface area contributed by atoms with Gasteiger partial charge in [-0.15, -0.1) is 0 Å². The van der Waals surface area contributed by atoms with Gasteiger partial charge in [-0.25, -0.2) is 4.79 Å². The first kappa shape index (κ1) is 36.8. The topological polar surface area (TPSA) is 192 Å². The molecule has 2 saturated heterocycles. The summed E-state index contributed by atoms with van der Waals surface area (Å²) in [6.07, 6.45) is 4.66. The van der Waals surface area contributed by atoms with E-state index in [2.05, 4.69) is 40.2 Å². The molecule has 0 saturated carbocycles. The average Bonchev–Trinajstić information content (AvgIpc) is 3.68. The average molecular weight is 678 g/mol. The lowest BCUT2D eigenvalue weighted by molar-refractivity contribution is -0.144. The van der Waals surface area contributed by atoms with Gasteiger partial charge in [0, 0.05) is 38.2 Å². The highest BCUT2D eigenvalue weighted by Crippen LogP contribution is 2.22. The lowest BCUT2D eigenvalue weighted by Gasteiger charge is -2.29. The van der Waals surface area contributed by atoms with Gasteiger partial charge in [-0.1, -0.05) is 44.2 Å². The zero-order valence-electron chi connectivity index (χ0n) is 28.3. The molecule has 5 N–H and O–H groups in total. The molecule has 3 heterocycles. The number of carbonyl (C=O) groups is 6. The zero-order chi connectivity index (χ0) is 35.5. The molecule has 2 aliphatic rings. The molecule has 5 amide bonds. The van der Waals surface area contributed by atoms with Crippen LogP contribution in [-0.4, -0.2) is 92.5 Å². The first-order chi connectivity index (χ1) is 23.4. The summed E-state index contributed by atoms with van der Waals surface area (Å²) in [5, 5.41) is 25.3. The van der Waals surface area contributed by atoms with Crippen LogP contribution in [0, 0.1) is 5.92 Å². The number of fused-ring (bicyclic) bond motifs is 1. The molecule has 0 radical (unpaired) electrons. The third kappa shape index (κ3) is 10.5. The number of amides is 5. The molecule has 1 aromatic heterocycles. The maximum Gasteiger partial charge on any atom is 0.326 e. The fourth-order valence-corrected chi connectivity index (χ4v) is 6.11. The van der Waals surface area contributed by atoms with Gasteiger partial charge in [-0.2, -0.15) is 5.10 Å². The van der Waals surface area contributed by atoms with Gasteiger partial charge in [0.25, 0.3) is 5.91 Å². The van der Waals surface area contributed by atoms with Crippen molar-refractivity contribution in [3.8, 4) is 0 Å². The van der Waals surface area contributed by atoms with Crippen LogP contribution in [0.15, 0.2) is 42.5 Å². The van der Waals surface area contributed by atoms with E-state index in [1.165, 1.54) is 11.0 Å². The molecule has 0 bridgehead atoms. The number of aliphatic carboxylic acids is 1. The van der Waals surface area contributed by atoms with E-state index in [-0.39, 0.29) is 38.1 Å². The van der Waals surface area contributed by atoms with Crippen LogP contribution >= 0.6 is 0 Å². The summed E-state index contributed by atoms with van der Waals surface area (Å²) in [4.78, 5) is 80.2. The van der Waals surface area contributed by atoms with Crippen LogP contribution in [0.4, 0.5) is 0 Å². The van der Waals surface area contributed by atoms with Gasteiger partial charge in [0.15, 0.2) is 0 Å². The third-order valence-corrected chi connectivity index (χ3v) is 8.56. The molecule has 14 heteroatoms. The summed E-state index contributed by atoms with van der Waals surface area (Å²) >= 11 is 0. The Morgan fingerprint density at radius 2 is 1.84 bits per heavy atom. The molecule has 2 aliphatic heterocycles. The predicted molar refractivity (Wildman–Crippen MR) is 181 cm³/mol. The summed E-state index contributed by atoms with van der Waals surface area (Å²) < 4.78 is 1.59. The molecule has 14 nitrogen and oxygen atoms in total. The highest BCUT2D eigenvalue weighted by Gasteiger charge is 2.43. The van der Waals surface area contributed by atoms with Crippen molar-refractivity contribution in [2.75, 3.05) is 13.1 Å².